The van der Waals surface area contributed by atoms with Gasteiger partial charge in [0.1, 0.15) is 19.5 Å². The van der Waals surface area contributed by atoms with Crippen molar-refractivity contribution in [1.82, 2.24) is 4.90 Å². The normalized spacial score (nSPS) is 16.7. The Morgan fingerprint density at radius 3 is 2.61 bits per heavy atom. The Kier molecular flexibility index (Phi) is 4.14. The molecule has 0 fully saturated rings. The molecule has 2 aliphatic rings. The number of hydrogen-bond donors (Lipinski definition) is 0. The van der Waals surface area contributed by atoms with Crippen molar-refractivity contribution in [3.05, 3.63) is 41.9 Å². The quantitative estimate of drug-likeness (QED) is 0.853. The highest BCUT2D eigenvalue weighted by atomic mass is 16.6. The summed E-state index contributed by atoms with van der Waals surface area (Å²) < 4.78 is 21.2. The van der Waals surface area contributed by atoms with Gasteiger partial charge in [0.25, 0.3) is 5.91 Å². The Labute approximate surface area is 134 Å². The van der Waals surface area contributed by atoms with E-state index in [0.29, 0.717) is 43.4 Å². The number of ether oxygens (including phenoxy) is 4. The fourth-order valence-electron chi connectivity index (χ4n) is 2.75. The Morgan fingerprint density at radius 2 is 1.96 bits per heavy atom. The van der Waals surface area contributed by atoms with E-state index >= 15 is 0 Å². The minimum Gasteiger partial charge on any atom is -0.494 e. The molecule has 1 amide bonds. The number of methoxy groups -OCH3 is 2. The van der Waals surface area contributed by atoms with Gasteiger partial charge in [0.2, 0.25) is 5.76 Å². The number of carbonyl (C=O) groups excluding carboxylic acids is 1. The minimum atomic E-state index is -0.241. The van der Waals surface area contributed by atoms with Gasteiger partial charge in [0.05, 0.1) is 14.2 Å². The maximum atomic E-state index is 12.6. The van der Waals surface area contributed by atoms with E-state index in [2.05, 4.69) is 6.58 Å². The minimum absolute atomic E-state index is 0.210. The topological polar surface area (TPSA) is 57.2 Å². The van der Waals surface area contributed by atoms with E-state index in [1.165, 1.54) is 6.26 Å². The molecule has 23 heavy (non-hydrogen) atoms. The Balaban J connectivity index is 1.91. The van der Waals surface area contributed by atoms with Gasteiger partial charge in [-0.1, -0.05) is 6.58 Å². The van der Waals surface area contributed by atoms with E-state index < -0.39 is 0 Å². The van der Waals surface area contributed by atoms with Crippen LogP contribution in [-0.4, -0.2) is 44.8 Å². The van der Waals surface area contributed by atoms with Gasteiger partial charge in [-0.3, -0.25) is 4.79 Å². The molecule has 6 nitrogen and oxygen atoms in total. The lowest BCUT2D eigenvalue weighted by Crippen LogP contribution is -2.37. The summed E-state index contributed by atoms with van der Waals surface area (Å²) in [6, 6.07) is 3.78. The first kappa shape index (κ1) is 15.3. The van der Waals surface area contributed by atoms with Crippen LogP contribution in [0.3, 0.4) is 0 Å². The van der Waals surface area contributed by atoms with Crippen molar-refractivity contribution < 1.29 is 23.7 Å². The van der Waals surface area contributed by atoms with Gasteiger partial charge in [0, 0.05) is 17.8 Å². The summed E-state index contributed by atoms with van der Waals surface area (Å²) in [5, 5.41) is 0. The highest BCUT2D eigenvalue weighted by Gasteiger charge is 2.29. The molecule has 0 aromatic heterocycles. The SMILES string of the molecule is C=C1c2cc(OC)c(OC)cc2CCN1C(=O)C1=COCCO1. The van der Waals surface area contributed by atoms with Gasteiger partial charge < -0.3 is 23.8 Å². The van der Waals surface area contributed by atoms with Crippen molar-refractivity contribution in [3.8, 4) is 11.5 Å². The predicted octanol–water partition coefficient (Wildman–Crippen LogP) is 1.95. The van der Waals surface area contributed by atoms with Gasteiger partial charge in [-0.05, 0) is 24.1 Å². The van der Waals surface area contributed by atoms with E-state index in [4.69, 9.17) is 18.9 Å². The van der Waals surface area contributed by atoms with Gasteiger partial charge in [-0.15, -0.1) is 0 Å². The molecule has 1 aromatic carbocycles. The van der Waals surface area contributed by atoms with Crippen LogP contribution in [-0.2, 0) is 20.7 Å². The fourth-order valence-corrected chi connectivity index (χ4v) is 2.75. The van der Waals surface area contributed by atoms with E-state index in [1.54, 1.807) is 19.1 Å². The number of amides is 1. The number of benzene rings is 1. The van der Waals surface area contributed by atoms with E-state index in [-0.39, 0.29) is 11.7 Å². The largest absolute Gasteiger partial charge is 0.494 e. The van der Waals surface area contributed by atoms with Crippen LogP contribution in [0.15, 0.2) is 30.7 Å². The van der Waals surface area contributed by atoms with E-state index in [0.717, 1.165) is 11.1 Å². The van der Waals surface area contributed by atoms with Crippen molar-refractivity contribution in [3.63, 3.8) is 0 Å². The zero-order chi connectivity index (χ0) is 16.4. The number of carbonyl (C=O) groups is 1. The molecule has 0 aliphatic carbocycles. The molecule has 6 heteroatoms. The molecular formula is C17H19NO5. The van der Waals surface area contributed by atoms with Gasteiger partial charge in [-0.25, -0.2) is 0 Å². The highest BCUT2D eigenvalue weighted by molar-refractivity contribution is 5.98. The second-order valence-electron chi connectivity index (χ2n) is 5.22. The molecule has 0 unspecified atom stereocenters. The summed E-state index contributed by atoms with van der Waals surface area (Å²) in [7, 11) is 3.18. The van der Waals surface area contributed by atoms with Crippen LogP contribution in [0.5, 0.6) is 11.5 Å². The average Bonchev–Trinajstić information content (AvgIpc) is 2.61. The van der Waals surface area contributed by atoms with Crippen molar-refractivity contribution >= 4 is 11.6 Å². The molecule has 0 atom stereocenters. The molecule has 0 saturated carbocycles. The van der Waals surface area contributed by atoms with Crippen molar-refractivity contribution in [2.24, 2.45) is 0 Å². The standard InChI is InChI=1S/C17H19NO5/c1-11-13-9-15(21-3)14(20-2)8-12(13)4-5-18(11)17(19)16-10-22-6-7-23-16/h8-10H,1,4-7H2,2-3H3. The lowest BCUT2D eigenvalue weighted by Gasteiger charge is -2.32. The van der Waals surface area contributed by atoms with Crippen molar-refractivity contribution in [2.45, 2.75) is 6.42 Å². The van der Waals surface area contributed by atoms with Crippen LogP contribution < -0.4 is 9.47 Å². The third-order valence-electron chi connectivity index (χ3n) is 3.96. The molecule has 0 radical (unpaired) electrons. The highest BCUT2D eigenvalue weighted by Crippen LogP contribution is 2.37. The summed E-state index contributed by atoms with van der Waals surface area (Å²) in [5.41, 5.74) is 2.57. The maximum Gasteiger partial charge on any atom is 0.296 e. The Bertz CT molecular complexity index is 680. The number of fused-ring (bicyclic) bond motifs is 1. The van der Waals surface area contributed by atoms with E-state index in [1.807, 2.05) is 12.1 Å². The fraction of sp³-hybridized carbons (Fsp3) is 0.353. The Hall–Kier alpha value is -2.63. The summed E-state index contributed by atoms with van der Waals surface area (Å²) in [6.07, 6.45) is 2.07. The summed E-state index contributed by atoms with van der Waals surface area (Å²) in [6.45, 7) is 5.43. The molecule has 0 saturated heterocycles. The molecule has 0 bridgehead atoms. The summed E-state index contributed by atoms with van der Waals surface area (Å²) in [5.74, 6) is 1.25. The van der Waals surface area contributed by atoms with Crippen molar-refractivity contribution in [2.75, 3.05) is 34.0 Å². The van der Waals surface area contributed by atoms with Crippen LogP contribution in [0.1, 0.15) is 11.1 Å². The zero-order valence-corrected chi connectivity index (χ0v) is 13.3. The van der Waals surface area contributed by atoms with Gasteiger partial charge in [-0.2, -0.15) is 0 Å². The molecule has 2 aliphatic heterocycles. The predicted molar refractivity (Wildman–Crippen MR) is 84.0 cm³/mol. The molecule has 0 spiro atoms. The van der Waals surface area contributed by atoms with E-state index in [9.17, 15) is 4.79 Å². The maximum absolute atomic E-state index is 12.6. The smallest absolute Gasteiger partial charge is 0.296 e. The summed E-state index contributed by atoms with van der Waals surface area (Å²) in [4.78, 5) is 14.2. The molecule has 0 N–H and O–H groups in total. The number of hydrogen-bond acceptors (Lipinski definition) is 5. The van der Waals surface area contributed by atoms with Gasteiger partial charge in [0.15, 0.2) is 11.5 Å². The molecule has 1 aromatic rings. The second kappa shape index (κ2) is 6.24. The number of rotatable bonds is 3. The lowest BCUT2D eigenvalue weighted by molar-refractivity contribution is -0.129. The van der Waals surface area contributed by atoms with Crippen molar-refractivity contribution in [1.29, 1.82) is 0 Å². The van der Waals surface area contributed by atoms with Crippen LogP contribution >= 0.6 is 0 Å². The molecule has 122 valence electrons. The van der Waals surface area contributed by atoms with Crippen LogP contribution in [0.25, 0.3) is 5.70 Å². The number of nitrogens with zero attached hydrogens (tertiary/aromatic N) is 1. The van der Waals surface area contributed by atoms with Crippen LogP contribution in [0, 0.1) is 0 Å². The first-order chi connectivity index (χ1) is 11.2. The first-order valence-electron chi connectivity index (χ1n) is 7.36. The third kappa shape index (κ3) is 2.72. The Morgan fingerprint density at radius 1 is 1.22 bits per heavy atom. The monoisotopic (exact) mass is 317 g/mol. The average molecular weight is 317 g/mol. The molecular weight excluding hydrogens is 298 g/mol. The summed E-state index contributed by atoms with van der Waals surface area (Å²) >= 11 is 0. The van der Waals surface area contributed by atoms with Gasteiger partial charge >= 0.3 is 0 Å². The lowest BCUT2D eigenvalue weighted by atomic mass is 9.96. The molecule has 3 rings (SSSR count). The first-order valence-corrected chi connectivity index (χ1v) is 7.36. The van der Waals surface area contributed by atoms with Crippen LogP contribution in [0.4, 0.5) is 0 Å². The second-order valence-corrected chi connectivity index (χ2v) is 5.22. The van der Waals surface area contributed by atoms with Crippen LogP contribution in [0.2, 0.25) is 0 Å². The molecule has 2 heterocycles. The zero-order valence-electron chi connectivity index (χ0n) is 13.3. The third-order valence-corrected chi connectivity index (χ3v) is 3.96.